The first-order valence-electron chi connectivity index (χ1n) is 6.56. The highest BCUT2D eigenvalue weighted by Crippen LogP contribution is 2.18. The van der Waals surface area contributed by atoms with Gasteiger partial charge in [0.05, 0.1) is 31.1 Å². The van der Waals surface area contributed by atoms with Gasteiger partial charge >= 0.3 is 5.97 Å². The SMILES string of the molecule is COCCNC(=O)[C@H](C)Sc1nc(CC(=O)OC)cc(=O)[nH]1. The maximum atomic E-state index is 11.8. The van der Waals surface area contributed by atoms with Crippen molar-refractivity contribution in [2.45, 2.75) is 23.8 Å². The van der Waals surface area contributed by atoms with Crippen molar-refractivity contribution >= 4 is 23.6 Å². The number of nitrogens with zero attached hydrogens (tertiary/aromatic N) is 1. The fourth-order valence-electron chi connectivity index (χ4n) is 1.49. The van der Waals surface area contributed by atoms with E-state index in [1.807, 2.05) is 0 Å². The average Bonchev–Trinajstić information content (AvgIpc) is 2.46. The summed E-state index contributed by atoms with van der Waals surface area (Å²) in [4.78, 5) is 41.3. The number of rotatable bonds is 8. The number of carbonyl (C=O) groups excluding carboxylic acids is 2. The van der Waals surface area contributed by atoms with Crippen LogP contribution in [0.5, 0.6) is 0 Å². The van der Waals surface area contributed by atoms with Crippen LogP contribution in [0.3, 0.4) is 0 Å². The molecule has 0 aliphatic heterocycles. The summed E-state index contributed by atoms with van der Waals surface area (Å²) in [6.45, 7) is 2.53. The van der Waals surface area contributed by atoms with Crippen molar-refractivity contribution in [3.05, 3.63) is 22.1 Å². The van der Waals surface area contributed by atoms with Gasteiger partial charge in [0.15, 0.2) is 5.16 Å². The minimum absolute atomic E-state index is 0.0948. The molecular weight excluding hydrogens is 310 g/mol. The molecule has 0 saturated heterocycles. The molecule has 1 heterocycles. The van der Waals surface area contributed by atoms with Gasteiger partial charge in [0.25, 0.3) is 5.56 Å². The van der Waals surface area contributed by atoms with Gasteiger partial charge in [-0.15, -0.1) is 0 Å². The predicted octanol–water partition coefficient (Wildman–Crippen LogP) is -0.271. The van der Waals surface area contributed by atoms with Crippen molar-refractivity contribution < 1.29 is 19.1 Å². The largest absolute Gasteiger partial charge is 0.469 e. The Labute approximate surface area is 132 Å². The molecule has 0 aromatic carbocycles. The van der Waals surface area contributed by atoms with Gasteiger partial charge in [-0.25, -0.2) is 4.98 Å². The molecule has 0 spiro atoms. The molecule has 0 fully saturated rings. The van der Waals surface area contributed by atoms with E-state index in [1.165, 1.54) is 13.2 Å². The van der Waals surface area contributed by atoms with Gasteiger partial charge in [-0.3, -0.25) is 14.4 Å². The molecule has 9 heteroatoms. The fraction of sp³-hybridized carbons (Fsp3) is 0.538. The maximum Gasteiger partial charge on any atom is 0.311 e. The topological polar surface area (TPSA) is 110 Å². The van der Waals surface area contributed by atoms with Crippen LogP contribution in [-0.4, -0.2) is 54.5 Å². The molecule has 0 aliphatic rings. The third-order valence-electron chi connectivity index (χ3n) is 2.59. The minimum Gasteiger partial charge on any atom is -0.469 e. The van der Waals surface area contributed by atoms with Crippen molar-refractivity contribution in [2.75, 3.05) is 27.4 Å². The Morgan fingerprint density at radius 3 is 2.82 bits per heavy atom. The summed E-state index contributed by atoms with van der Waals surface area (Å²) in [6.07, 6.45) is -0.0948. The van der Waals surface area contributed by atoms with Crippen LogP contribution >= 0.6 is 11.8 Å². The lowest BCUT2D eigenvalue weighted by Gasteiger charge is -2.11. The van der Waals surface area contributed by atoms with E-state index in [-0.39, 0.29) is 23.0 Å². The molecule has 1 atom stereocenters. The third-order valence-corrected chi connectivity index (χ3v) is 3.57. The van der Waals surface area contributed by atoms with E-state index in [1.54, 1.807) is 14.0 Å². The maximum absolute atomic E-state index is 11.8. The van der Waals surface area contributed by atoms with Gasteiger partial charge in [-0.1, -0.05) is 11.8 Å². The van der Waals surface area contributed by atoms with Gasteiger partial charge in [-0.05, 0) is 6.92 Å². The molecule has 0 saturated carbocycles. The molecule has 0 bridgehead atoms. The Morgan fingerprint density at radius 1 is 1.45 bits per heavy atom. The highest BCUT2D eigenvalue weighted by atomic mass is 32.2. The van der Waals surface area contributed by atoms with Crippen molar-refractivity contribution in [1.29, 1.82) is 0 Å². The summed E-state index contributed by atoms with van der Waals surface area (Å²) in [7, 11) is 2.81. The summed E-state index contributed by atoms with van der Waals surface area (Å²) < 4.78 is 9.38. The highest BCUT2D eigenvalue weighted by Gasteiger charge is 2.16. The van der Waals surface area contributed by atoms with Crippen LogP contribution in [0, 0.1) is 0 Å². The number of ether oxygens (including phenoxy) is 2. The van der Waals surface area contributed by atoms with Crippen molar-refractivity contribution in [1.82, 2.24) is 15.3 Å². The van der Waals surface area contributed by atoms with Crippen molar-refractivity contribution in [3.63, 3.8) is 0 Å². The number of esters is 1. The number of amides is 1. The van der Waals surface area contributed by atoms with Gasteiger partial charge in [0.1, 0.15) is 0 Å². The zero-order valence-corrected chi connectivity index (χ0v) is 13.5. The number of H-pyrrole nitrogens is 1. The van der Waals surface area contributed by atoms with Gasteiger partial charge in [-0.2, -0.15) is 0 Å². The normalized spacial score (nSPS) is 11.8. The number of hydrogen-bond acceptors (Lipinski definition) is 7. The summed E-state index contributed by atoms with van der Waals surface area (Å²) in [5.41, 5.74) is -0.0894. The van der Waals surface area contributed by atoms with E-state index < -0.39 is 11.2 Å². The average molecular weight is 329 g/mol. The highest BCUT2D eigenvalue weighted by molar-refractivity contribution is 8.00. The second-order valence-electron chi connectivity index (χ2n) is 4.34. The standard InChI is InChI=1S/C13H19N3O5S/c1-8(12(19)14-4-5-20-2)22-13-15-9(6-10(17)16-13)7-11(18)21-3/h6,8H,4-5,7H2,1-3H3,(H,14,19)(H,15,16,17)/t8-/m0/s1. The third kappa shape index (κ3) is 6.27. The van der Waals surface area contributed by atoms with E-state index in [9.17, 15) is 14.4 Å². The first kappa shape index (κ1) is 18.2. The Kier molecular flexibility index (Phi) is 7.61. The number of aromatic nitrogens is 2. The zero-order chi connectivity index (χ0) is 16.5. The summed E-state index contributed by atoms with van der Waals surface area (Å²) in [5.74, 6) is -0.678. The van der Waals surface area contributed by atoms with Crippen LogP contribution in [0.2, 0.25) is 0 Å². The molecule has 2 N–H and O–H groups in total. The van der Waals surface area contributed by atoms with Crippen LogP contribution in [0.4, 0.5) is 0 Å². The van der Waals surface area contributed by atoms with Crippen molar-refractivity contribution in [2.24, 2.45) is 0 Å². The Morgan fingerprint density at radius 2 is 2.18 bits per heavy atom. The number of thioether (sulfide) groups is 1. The van der Waals surface area contributed by atoms with E-state index >= 15 is 0 Å². The lowest BCUT2D eigenvalue weighted by molar-refractivity contribution is -0.139. The molecule has 0 radical (unpaired) electrons. The molecule has 1 rings (SSSR count). The summed E-state index contributed by atoms with van der Waals surface area (Å²) >= 11 is 1.10. The molecule has 1 aromatic heterocycles. The molecular formula is C13H19N3O5S. The van der Waals surface area contributed by atoms with E-state index in [2.05, 4.69) is 20.0 Å². The van der Waals surface area contributed by atoms with Gasteiger partial charge in [0.2, 0.25) is 5.91 Å². The van der Waals surface area contributed by atoms with Crippen LogP contribution < -0.4 is 10.9 Å². The Hall–Kier alpha value is -1.87. The Balaban J connectivity index is 2.70. The number of aromatic amines is 1. The van der Waals surface area contributed by atoms with Crippen LogP contribution in [0.1, 0.15) is 12.6 Å². The molecule has 0 aliphatic carbocycles. The van der Waals surface area contributed by atoms with Crippen molar-refractivity contribution in [3.8, 4) is 0 Å². The van der Waals surface area contributed by atoms with Crippen LogP contribution in [0.25, 0.3) is 0 Å². The second kappa shape index (κ2) is 9.21. The van der Waals surface area contributed by atoms with Crippen LogP contribution in [-0.2, 0) is 25.5 Å². The first-order chi connectivity index (χ1) is 10.5. The lowest BCUT2D eigenvalue weighted by Crippen LogP contribution is -2.33. The van der Waals surface area contributed by atoms with Crippen LogP contribution in [0.15, 0.2) is 16.0 Å². The Bertz CT molecular complexity index is 575. The molecule has 122 valence electrons. The lowest BCUT2D eigenvalue weighted by atomic mass is 10.3. The monoisotopic (exact) mass is 329 g/mol. The molecule has 8 nitrogen and oxygen atoms in total. The minimum atomic E-state index is -0.487. The predicted molar refractivity (Wildman–Crippen MR) is 80.8 cm³/mol. The van der Waals surface area contributed by atoms with Gasteiger partial charge in [0, 0.05) is 19.7 Å². The number of carbonyl (C=O) groups is 2. The fourth-order valence-corrected chi connectivity index (χ4v) is 2.35. The zero-order valence-electron chi connectivity index (χ0n) is 12.7. The molecule has 1 aromatic rings. The second-order valence-corrected chi connectivity index (χ2v) is 5.67. The quantitative estimate of drug-likeness (QED) is 0.292. The number of hydrogen-bond donors (Lipinski definition) is 2. The smallest absolute Gasteiger partial charge is 0.311 e. The van der Waals surface area contributed by atoms with Gasteiger partial charge < -0.3 is 19.8 Å². The van der Waals surface area contributed by atoms with E-state index in [4.69, 9.17) is 4.74 Å². The summed E-state index contributed by atoms with van der Waals surface area (Å²) in [5, 5.41) is 2.52. The summed E-state index contributed by atoms with van der Waals surface area (Å²) in [6, 6.07) is 1.23. The van der Waals surface area contributed by atoms with E-state index in [0.717, 1.165) is 11.8 Å². The number of methoxy groups -OCH3 is 2. The van der Waals surface area contributed by atoms with E-state index in [0.29, 0.717) is 18.8 Å². The number of nitrogens with one attached hydrogen (secondary N) is 2. The molecule has 22 heavy (non-hydrogen) atoms. The first-order valence-corrected chi connectivity index (χ1v) is 7.44. The molecule has 0 unspecified atom stereocenters. The molecule has 1 amide bonds.